The molecule has 242 valence electrons. The van der Waals surface area contributed by atoms with Gasteiger partial charge in [-0.25, -0.2) is 0 Å². The van der Waals surface area contributed by atoms with Crippen molar-refractivity contribution in [3.05, 3.63) is 48.0 Å². The van der Waals surface area contributed by atoms with Crippen LogP contribution in [-0.2, 0) is 20.8 Å². The van der Waals surface area contributed by atoms with Crippen LogP contribution in [0.25, 0.3) is 10.8 Å². The highest BCUT2D eigenvalue weighted by Crippen LogP contribution is 2.19. The second-order valence-electron chi connectivity index (χ2n) is 12.5. The van der Waals surface area contributed by atoms with E-state index in [1.807, 2.05) is 47.4 Å². The summed E-state index contributed by atoms with van der Waals surface area (Å²) in [4.78, 5) is 39.3. The van der Waals surface area contributed by atoms with E-state index < -0.39 is 0 Å². The van der Waals surface area contributed by atoms with E-state index in [1.54, 1.807) is 0 Å². The zero-order valence-corrected chi connectivity index (χ0v) is 26.5. The maximum Gasteiger partial charge on any atom is 0.239 e. The van der Waals surface area contributed by atoms with Crippen molar-refractivity contribution in [3.8, 4) is 0 Å². The van der Waals surface area contributed by atoms with Gasteiger partial charge in [0.1, 0.15) is 0 Å². The molecule has 9 heteroatoms. The first-order valence-electron chi connectivity index (χ1n) is 17.0. The standard InChI is InChI=1S/C35H54N6O3/c42-33(24-31-10-7-9-30-8-1-2-11-32(30)31)40-27-34(43)39-19-4-3-12-35(44)41-22-15-29(16-23-41)26-38-18-6-5-17-37-25-28-13-20-36-21-14-28/h1-2,7-11,28-29,36-38H,3-6,12-27H2,(H,39,43)(H,40,42). The summed E-state index contributed by atoms with van der Waals surface area (Å²) in [5.41, 5.74) is 0.948. The van der Waals surface area contributed by atoms with Gasteiger partial charge in [-0.05, 0) is 119 Å². The van der Waals surface area contributed by atoms with E-state index in [2.05, 4.69) is 26.6 Å². The SMILES string of the molecule is O=C(CNC(=O)Cc1cccc2ccccc12)NCCCCC(=O)N1CCC(CNCCCCNCC2CCNCC2)CC1. The van der Waals surface area contributed by atoms with E-state index in [1.165, 1.54) is 38.8 Å². The summed E-state index contributed by atoms with van der Waals surface area (Å²) < 4.78 is 0. The first-order valence-corrected chi connectivity index (χ1v) is 17.0. The predicted molar refractivity (Wildman–Crippen MR) is 177 cm³/mol. The van der Waals surface area contributed by atoms with E-state index in [4.69, 9.17) is 0 Å². The molecule has 9 nitrogen and oxygen atoms in total. The van der Waals surface area contributed by atoms with E-state index in [9.17, 15) is 14.4 Å². The Kier molecular flexibility index (Phi) is 14.9. The van der Waals surface area contributed by atoms with Gasteiger partial charge in [-0.3, -0.25) is 14.4 Å². The lowest BCUT2D eigenvalue weighted by Crippen LogP contribution is -2.41. The van der Waals surface area contributed by atoms with Gasteiger partial charge in [0, 0.05) is 26.1 Å². The first kappa shape index (κ1) is 33.9. The second kappa shape index (κ2) is 19.4. The molecule has 0 radical (unpaired) electrons. The number of rotatable bonds is 18. The number of hydrogen-bond acceptors (Lipinski definition) is 6. The van der Waals surface area contributed by atoms with Crippen molar-refractivity contribution in [1.29, 1.82) is 0 Å². The van der Waals surface area contributed by atoms with Crippen LogP contribution in [0.3, 0.4) is 0 Å². The van der Waals surface area contributed by atoms with Crippen molar-refractivity contribution in [2.24, 2.45) is 11.8 Å². The molecule has 3 amide bonds. The lowest BCUT2D eigenvalue weighted by Gasteiger charge is -2.32. The van der Waals surface area contributed by atoms with Gasteiger partial charge in [0.25, 0.3) is 0 Å². The molecular formula is C35H54N6O3. The number of hydrogen-bond donors (Lipinski definition) is 5. The Morgan fingerprint density at radius 1 is 0.727 bits per heavy atom. The van der Waals surface area contributed by atoms with E-state index in [-0.39, 0.29) is 30.7 Å². The van der Waals surface area contributed by atoms with Crippen LogP contribution >= 0.6 is 0 Å². The van der Waals surface area contributed by atoms with Crippen molar-refractivity contribution in [1.82, 2.24) is 31.5 Å². The van der Waals surface area contributed by atoms with Gasteiger partial charge in [0.05, 0.1) is 13.0 Å². The minimum atomic E-state index is -0.206. The summed E-state index contributed by atoms with van der Waals surface area (Å²) in [5.74, 6) is 1.34. The van der Waals surface area contributed by atoms with Crippen LogP contribution in [0.15, 0.2) is 42.5 Å². The largest absolute Gasteiger partial charge is 0.355 e. The molecule has 0 atom stereocenters. The molecular weight excluding hydrogens is 552 g/mol. The highest BCUT2D eigenvalue weighted by atomic mass is 16.2. The number of benzene rings is 2. The van der Waals surface area contributed by atoms with E-state index in [0.29, 0.717) is 18.9 Å². The minimum Gasteiger partial charge on any atom is -0.355 e. The van der Waals surface area contributed by atoms with Crippen LogP contribution in [-0.4, -0.2) is 88.1 Å². The second-order valence-corrected chi connectivity index (χ2v) is 12.5. The topological polar surface area (TPSA) is 115 Å². The van der Waals surface area contributed by atoms with Crippen LogP contribution in [0.4, 0.5) is 0 Å². The molecule has 2 aliphatic rings. The van der Waals surface area contributed by atoms with Crippen molar-refractivity contribution in [2.75, 3.05) is 65.4 Å². The van der Waals surface area contributed by atoms with Crippen LogP contribution in [0.2, 0.25) is 0 Å². The van der Waals surface area contributed by atoms with Crippen LogP contribution in [0, 0.1) is 11.8 Å². The molecule has 2 aliphatic heterocycles. The number of carbonyl (C=O) groups is 3. The first-order chi connectivity index (χ1) is 21.6. The fraction of sp³-hybridized carbons (Fsp3) is 0.629. The van der Waals surface area contributed by atoms with Crippen molar-refractivity contribution >= 4 is 28.5 Å². The number of amides is 3. The Morgan fingerprint density at radius 3 is 2.14 bits per heavy atom. The molecule has 0 aliphatic carbocycles. The maximum absolute atomic E-state index is 12.7. The Hall–Kier alpha value is -3.01. The molecule has 0 aromatic heterocycles. The Morgan fingerprint density at radius 2 is 1.39 bits per heavy atom. The molecule has 0 unspecified atom stereocenters. The molecule has 0 saturated carbocycles. The highest BCUT2D eigenvalue weighted by molar-refractivity contribution is 5.91. The van der Waals surface area contributed by atoms with Gasteiger partial charge in [-0.1, -0.05) is 42.5 Å². The number of carbonyl (C=O) groups excluding carboxylic acids is 3. The summed E-state index contributed by atoms with van der Waals surface area (Å²) in [6.45, 7) is 8.90. The lowest BCUT2D eigenvalue weighted by atomic mass is 9.96. The van der Waals surface area contributed by atoms with Crippen molar-refractivity contribution in [3.63, 3.8) is 0 Å². The molecule has 4 rings (SSSR count). The summed E-state index contributed by atoms with van der Waals surface area (Å²) in [6, 6.07) is 13.9. The van der Waals surface area contributed by atoms with Crippen LogP contribution in [0.5, 0.6) is 0 Å². The minimum absolute atomic E-state index is 0.0395. The van der Waals surface area contributed by atoms with E-state index in [0.717, 1.165) is 87.2 Å². The third kappa shape index (κ3) is 12.2. The zero-order valence-electron chi connectivity index (χ0n) is 26.5. The summed E-state index contributed by atoms with van der Waals surface area (Å²) >= 11 is 0. The average Bonchev–Trinajstić information content (AvgIpc) is 3.05. The fourth-order valence-electron chi connectivity index (χ4n) is 6.30. The Bertz CT molecular complexity index is 1150. The number of unbranched alkanes of at least 4 members (excludes halogenated alkanes) is 2. The summed E-state index contributed by atoms with van der Waals surface area (Å²) in [5, 5.41) is 18.4. The van der Waals surface area contributed by atoms with Gasteiger partial charge in [-0.15, -0.1) is 0 Å². The van der Waals surface area contributed by atoms with Gasteiger partial charge >= 0.3 is 0 Å². The summed E-state index contributed by atoms with van der Waals surface area (Å²) in [7, 11) is 0. The third-order valence-corrected chi connectivity index (χ3v) is 9.07. The smallest absolute Gasteiger partial charge is 0.239 e. The average molecular weight is 607 g/mol. The molecule has 2 aromatic rings. The summed E-state index contributed by atoms with van der Waals surface area (Å²) in [6.07, 6.45) is 9.42. The number of piperidine rings is 2. The molecule has 2 saturated heterocycles. The normalized spacial score (nSPS) is 16.2. The lowest BCUT2D eigenvalue weighted by molar-refractivity contribution is -0.132. The molecule has 44 heavy (non-hydrogen) atoms. The van der Waals surface area contributed by atoms with Gasteiger partial charge in [0.2, 0.25) is 17.7 Å². The van der Waals surface area contributed by atoms with Crippen molar-refractivity contribution < 1.29 is 14.4 Å². The van der Waals surface area contributed by atoms with Gasteiger partial charge in [0.15, 0.2) is 0 Å². The van der Waals surface area contributed by atoms with Gasteiger partial charge in [-0.2, -0.15) is 0 Å². The van der Waals surface area contributed by atoms with Gasteiger partial charge < -0.3 is 31.5 Å². The number of fused-ring (bicyclic) bond motifs is 1. The third-order valence-electron chi connectivity index (χ3n) is 9.07. The van der Waals surface area contributed by atoms with Crippen molar-refractivity contribution in [2.45, 2.75) is 64.2 Å². The zero-order chi connectivity index (χ0) is 30.8. The molecule has 5 N–H and O–H groups in total. The van der Waals surface area contributed by atoms with Crippen LogP contribution in [0.1, 0.15) is 63.4 Å². The molecule has 0 spiro atoms. The number of nitrogens with one attached hydrogen (secondary N) is 5. The highest BCUT2D eigenvalue weighted by Gasteiger charge is 2.22. The predicted octanol–water partition coefficient (Wildman–Crippen LogP) is 2.98. The molecule has 2 aromatic carbocycles. The molecule has 2 fully saturated rings. The number of likely N-dealkylation sites (tertiary alicyclic amines) is 1. The monoisotopic (exact) mass is 606 g/mol. The molecule has 2 heterocycles. The Labute approximate surface area is 263 Å². The van der Waals surface area contributed by atoms with E-state index >= 15 is 0 Å². The fourth-order valence-corrected chi connectivity index (χ4v) is 6.30. The number of nitrogens with zero attached hydrogens (tertiary/aromatic N) is 1. The molecule has 0 bridgehead atoms. The van der Waals surface area contributed by atoms with Crippen LogP contribution < -0.4 is 26.6 Å². The quantitative estimate of drug-likeness (QED) is 0.167. The maximum atomic E-state index is 12.7. The Balaban J connectivity index is 0.951.